The van der Waals surface area contributed by atoms with E-state index in [-0.39, 0.29) is 52.6 Å². The van der Waals surface area contributed by atoms with Crippen LogP contribution < -0.4 is 16.4 Å². The number of amides is 1. The van der Waals surface area contributed by atoms with Crippen LogP contribution >= 0.6 is 11.6 Å². The lowest BCUT2D eigenvalue weighted by atomic mass is 9.85. The minimum atomic E-state index is -1.15. The molecule has 2 saturated carbocycles. The molecule has 4 rings (SSSR count). The topological polar surface area (TPSA) is 130 Å². The molecule has 5 N–H and O–H groups in total. The Balaban J connectivity index is 1.70. The summed E-state index contributed by atoms with van der Waals surface area (Å²) in [7, 11) is 0. The summed E-state index contributed by atoms with van der Waals surface area (Å²) in [6, 6.07) is 2.48. The average molecular weight is 536 g/mol. The molecule has 0 radical (unpaired) electrons. The van der Waals surface area contributed by atoms with Gasteiger partial charge in [-0.1, -0.05) is 11.6 Å². The number of aromatic nitrogens is 2. The smallest absolute Gasteiger partial charge is 0.224 e. The van der Waals surface area contributed by atoms with Crippen LogP contribution in [0.5, 0.6) is 0 Å². The van der Waals surface area contributed by atoms with Crippen molar-refractivity contribution in [1.29, 1.82) is 0 Å². The molecule has 0 bridgehead atoms. The monoisotopic (exact) mass is 535 g/mol. The number of benzene rings is 1. The van der Waals surface area contributed by atoms with E-state index in [9.17, 15) is 18.7 Å². The molecule has 1 aromatic carbocycles. The number of nitrogens with two attached hydrogens (primary N) is 1. The molecule has 9 nitrogen and oxygen atoms in total. The number of nitrogens with one attached hydrogen (secondary N) is 2. The zero-order valence-electron chi connectivity index (χ0n) is 20.7. The van der Waals surface area contributed by atoms with Crippen LogP contribution in [0.1, 0.15) is 63.1 Å². The molecule has 2 atom stereocenters. The van der Waals surface area contributed by atoms with E-state index in [1.807, 2.05) is 4.57 Å². The van der Waals surface area contributed by atoms with E-state index in [0.29, 0.717) is 43.6 Å². The first kappa shape index (κ1) is 27.0. The quantitative estimate of drug-likeness (QED) is 0.243. The first-order chi connectivity index (χ1) is 17.7. The number of aliphatic imine (C=N–C) groups is 2. The number of hydrogen-bond acceptors (Lipinski definition) is 5. The van der Waals surface area contributed by atoms with E-state index < -0.39 is 11.6 Å². The van der Waals surface area contributed by atoms with Gasteiger partial charge in [0.25, 0.3) is 0 Å². The Morgan fingerprint density at radius 1 is 1.22 bits per heavy atom. The lowest BCUT2D eigenvalue weighted by Gasteiger charge is -2.30. The number of carbonyl (C=O) groups is 1. The Morgan fingerprint density at radius 3 is 2.59 bits per heavy atom. The number of aryl methyl sites for hydroxylation is 1. The summed E-state index contributed by atoms with van der Waals surface area (Å²) in [5.74, 6) is -1.78. The van der Waals surface area contributed by atoms with Crippen LogP contribution in [0.2, 0.25) is 5.02 Å². The van der Waals surface area contributed by atoms with E-state index in [4.69, 9.17) is 22.3 Å². The van der Waals surface area contributed by atoms with Gasteiger partial charge in [-0.2, -0.15) is 4.99 Å². The number of guanidine groups is 1. The van der Waals surface area contributed by atoms with E-state index in [2.05, 4.69) is 27.3 Å². The highest BCUT2D eigenvalue weighted by Crippen LogP contribution is 2.40. The third-order valence-electron chi connectivity index (χ3n) is 7.14. The van der Waals surface area contributed by atoms with Gasteiger partial charge in [-0.05, 0) is 77.1 Å². The Kier molecular flexibility index (Phi) is 8.43. The third-order valence-corrected chi connectivity index (χ3v) is 7.43. The standard InChI is InChI=1S/C25H32ClF2N7O2/c1-13-23(34-24(30-2)32-15-4-3-5-17(36)12-15)35(16-8-6-14(7-9-16)22(29)37)25(31-13)33-19-11-10-18(26)20(27)21(19)28/h10-11,14-17,36H,2-9,12H2,1H3,(H2,29,37)(H,31,33)(H,32,34)/t14-,15-,16+,17+/m0/s1. The maximum Gasteiger partial charge on any atom is 0.224 e. The molecule has 0 aliphatic heterocycles. The molecule has 12 heteroatoms. The molecule has 0 unspecified atom stereocenters. The molecule has 2 aliphatic carbocycles. The predicted octanol–water partition coefficient (Wildman–Crippen LogP) is 4.66. The molecular formula is C25H32ClF2N7O2. The van der Waals surface area contributed by atoms with Crippen LogP contribution in [0.4, 0.5) is 26.2 Å². The van der Waals surface area contributed by atoms with E-state index in [0.717, 1.165) is 19.3 Å². The number of carbonyl (C=O) groups excluding carboxylic acids is 1. The SMILES string of the molecule is C=N/C(=N\c1c(C)nc(Nc2ccc(Cl)c(F)c2F)n1[C@H]1CC[C@@H](C(N)=O)CC1)N[C@H]1CCC[C@@H](O)C1. The zero-order chi connectivity index (χ0) is 26.7. The number of aliphatic hydroxyl groups excluding tert-OH is 1. The van der Waals surface area contributed by atoms with Gasteiger partial charge in [-0.25, -0.2) is 18.8 Å². The minimum Gasteiger partial charge on any atom is -0.393 e. The van der Waals surface area contributed by atoms with Crippen LogP contribution in [0.3, 0.4) is 0 Å². The summed E-state index contributed by atoms with van der Waals surface area (Å²) < 4.78 is 30.6. The number of anilines is 2. The summed E-state index contributed by atoms with van der Waals surface area (Å²) >= 11 is 5.71. The van der Waals surface area contributed by atoms with Gasteiger partial charge in [-0.15, -0.1) is 0 Å². The molecule has 2 aliphatic rings. The van der Waals surface area contributed by atoms with Crippen LogP contribution in [0.25, 0.3) is 0 Å². The number of halogens is 3. The Labute approximate surface area is 219 Å². The number of hydrogen-bond donors (Lipinski definition) is 4. The van der Waals surface area contributed by atoms with Gasteiger partial charge in [0.2, 0.25) is 17.8 Å². The molecule has 0 saturated heterocycles. The zero-order valence-corrected chi connectivity index (χ0v) is 21.4. The Bertz CT molecular complexity index is 1190. The molecular weight excluding hydrogens is 504 g/mol. The first-order valence-electron chi connectivity index (χ1n) is 12.5. The molecule has 200 valence electrons. The molecule has 1 heterocycles. The molecule has 1 amide bonds. The van der Waals surface area contributed by atoms with Crippen LogP contribution in [0.15, 0.2) is 22.1 Å². The average Bonchev–Trinajstić information content (AvgIpc) is 3.18. The van der Waals surface area contributed by atoms with Crippen molar-refractivity contribution in [2.75, 3.05) is 5.32 Å². The van der Waals surface area contributed by atoms with Crippen LogP contribution in [-0.2, 0) is 4.79 Å². The molecule has 37 heavy (non-hydrogen) atoms. The molecule has 2 aromatic rings. The van der Waals surface area contributed by atoms with Crippen molar-refractivity contribution in [2.24, 2.45) is 21.6 Å². The summed E-state index contributed by atoms with van der Waals surface area (Å²) in [6.07, 6.45) is 5.16. The number of aliphatic hydroxyl groups is 1. The lowest BCUT2D eigenvalue weighted by molar-refractivity contribution is -0.122. The maximum atomic E-state index is 14.6. The van der Waals surface area contributed by atoms with Crippen molar-refractivity contribution in [3.63, 3.8) is 0 Å². The van der Waals surface area contributed by atoms with Gasteiger partial charge < -0.3 is 21.5 Å². The second kappa shape index (κ2) is 11.6. The van der Waals surface area contributed by atoms with Gasteiger partial charge in [-0.3, -0.25) is 9.36 Å². The summed E-state index contributed by atoms with van der Waals surface area (Å²) in [5.41, 5.74) is 5.94. The van der Waals surface area contributed by atoms with Crippen molar-refractivity contribution < 1.29 is 18.7 Å². The first-order valence-corrected chi connectivity index (χ1v) is 12.8. The second-order valence-corrected chi connectivity index (χ2v) is 10.1. The molecule has 1 aromatic heterocycles. The molecule has 2 fully saturated rings. The fraction of sp³-hybridized carbons (Fsp3) is 0.520. The minimum absolute atomic E-state index is 0.000540. The van der Waals surface area contributed by atoms with Gasteiger partial charge >= 0.3 is 0 Å². The fourth-order valence-corrected chi connectivity index (χ4v) is 5.30. The number of imidazole rings is 1. The third kappa shape index (κ3) is 6.10. The van der Waals surface area contributed by atoms with E-state index in [1.165, 1.54) is 12.1 Å². The number of primary amides is 1. The van der Waals surface area contributed by atoms with Gasteiger partial charge in [0.15, 0.2) is 17.5 Å². The van der Waals surface area contributed by atoms with Gasteiger partial charge in [0.05, 0.1) is 22.5 Å². The largest absolute Gasteiger partial charge is 0.393 e. The van der Waals surface area contributed by atoms with Crippen molar-refractivity contribution in [3.8, 4) is 0 Å². The van der Waals surface area contributed by atoms with Crippen molar-refractivity contribution >= 4 is 47.6 Å². The lowest BCUT2D eigenvalue weighted by Crippen LogP contribution is -2.39. The Morgan fingerprint density at radius 2 is 1.95 bits per heavy atom. The van der Waals surface area contributed by atoms with Crippen molar-refractivity contribution in [3.05, 3.63) is 34.5 Å². The highest BCUT2D eigenvalue weighted by atomic mass is 35.5. The maximum absolute atomic E-state index is 14.6. The predicted molar refractivity (Wildman–Crippen MR) is 140 cm³/mol. The summed E-state index contributed by atoms with van der Waals surface area (Å²) in [4.78, 5) is 25.1. The molecule has 0 spiro atoms. The second-order valence-electron chi connectivity index (χ2n) is 9.73. The number of rotatable bonds is 6. The van der Waals surface area contributed by atoms with E-state index >= 15 is 0 Å². The fourth-order valence-electron chi connectivity index (χ4n) is 5.16. The highest BCUT2D eigenvalue weighted by molar-refractivity contribution is 6.30. The highest BCUT2D eigenvalue weighted by Gasteiger charge is 2.30. The normalized spacial score (nSPS) is 24.5. The van der Waals surface area contributed by atoms with Crippen molar-refractivity contribution in [2.45, 2.75) is 76.5 Å². The van der Waals surface area contributed by atoms with Gasteiger partial charge in [0, 0.05) is 18.0 Å². The van der Waals surface area contributed by atoms with Crippen LogP contribution in [0, 0.1) is 24.5 Å². The summed E-state index contributed by atoms with van der Waals surface area (Å²) in [5, 5.41) is 15.9. The van der Waals surface area contributed by atoms with Crippen LogP contribution in [-0.4, -0.2) is 45.4 Å². The number of nitrogens with zero attached hydrogens (tertiary/aromatic N) is 4. The van der Waals surface area contributed by atoms with Crippen molar-refractivity contribution in [1.82, 2.24) is 14.9 Å². The summed E-state index contributed by atoms with van der Waals surface area (Å²) in [6.45, 7) is 5.40. The Hall–Kier alpha value is -3.05. The van der Waals surface area contributed by atoms with E-state index in [1.54, 1.807) is 6.92 Å². The van der Waals surface area contributed by atoms with Gasteiger partial charge in [0.1, 0.15) is 0 Å².